The van der Waals surface area contributed by atoms with Crippen LogP contribution in [0, 0.1) is 6.92 Å². The smallest absolute Gasteiger partial charge is 0.252 e. The summed E-state index contributed by atoms with van der Waals surface area (Å²) in [5, 5.41) is 8.24. The van der Waals surface area contributed by atoms with Gasteiger partial charge in [0.25, 0.3) is 5.91 Å². The van der Waals surface area contributed by atoms with Gasteiger partial charge in [-0.15, -0.1) is 0 Å². The van der Waals surface area contributed by atoms with E-state index in [0.29, 0.717) is 29.3 Å². The summed E-state index contributed by atoms with van der Waals surface area (Å²) in [4.78, 5) is 18.0. The largest absolute Gasteiger partial charge is 0.493 e. The van der Waals surface area contributed by atoms with Crippen LogP contribution in [-0.2, 0) is 13.6 Å². The van der Waals surface area contributed by atoms with E-state index < -0.39 is 0 Å². The van der Waals surface area contributed by atoms with Crippen LogP contribution < -0.4 is 14.8 Å². The van der Waals surface area contributed by atoms with E-state index in [1.807, 2.05) is 68.6 Å². The fourth-order valence-electron chi connectivity index (χ4n) is 3.65. The van der Waals surface area contributed by atoms with Crippen molar-refractivity contribution in [3.05, 3.63) is 71.4 Å². The van der Waals surface area contributed by atoms with E-state index in [1.54, 1.807) is 18.9 Å². The topological polar surface area (TPSA) is 78.3 Å². The first-order chi connectivity index (χ1) is 15.0. The summed E-state index contributed by atoms with van der Waals surface area (Å²) in [5.41, 5.74) is 4.57. The number of rotatable bonds is 6. The molecule has 0 aliphatic rings. The normalized spacial score (nSPS) is 10.8. The minimum absolute atomic E-state index is 0.185. The third-order valence-electron chi connectivity index (χ3n) is 5.18. The highest BCUT2D eigenvalue weighted by Gasteiger charge is 2.19. The molecule has 158 valence electrons. The molecule has 0 saturated carbocycles. The van der Waals surface area contributed by atoms with E-state index >= 15 is 0 Å². The molecular formula is C24H24N4O3. The maximum Gasteiger partial charge on any atom is 0.252 e. The predicted octanol–water partition coefficient (Wildman–Crippen LogP) is 3.89. The molecule has 2 heterocycles. The molecule has 2 aromatic heterocycles. The maximum absolute atomic E-state index is 13.2. The lowest BCUT2D eigenvalue weighted by molar-refractivity contribution is 0.0952. The van der Waals surface area contributed by atoms with Crippen molar-refractivity contribution in [2.45, 2.75) is 13.5 Å². The molecule has 31 heavy (non-hydrogen) atoms. The van der Waals surface area contributed by atoms with Gasteiger partial charge < -0.3 is 14.8 Å². The number of fused-ring (bicyclic) bond motifs is 1. The molecule has 7 nitrogen and oxygen atoms in total. The van der Waals surface area contributed by atoms with Crippen molar-refractivity contribution in [1.29, 1.82) is 0 Å². The predicted molar refractivity (Wildman–Crippen MR) is 119 cm³/mol. The third kappa shape index (κ3) is 3.94. The van der Waals surface area contributed by atoms with Crippen molar-refractivity contribution in [2.24, 2.45) is 7.05 Å². The molecule has 0 fully saturated rings. The summed E-state index contributed by atoms with van der Waals surface area (Å²) in [5.74, 6) is 1.08. The number of benzene rings is 2. The lowest BCUT2D eigenvalue weighted by Gasteiger charge is -2.12. The van der Waals surface area contributed by atoms with Gasteiger partial charge in [-0.25, -0.2) is 4.98 Å². The number of nitrogens with one attached hydrogen (secondary N) is 1. The Balaban J connectivity index is 1.69. The monoisotopic (exact) mass is 416 g/mol. The first-order valence-corrected chi connectivity index (χ1v) is 9.90. The molecule has 1 N–H and O–H groups in total. The van der Waals surface area contributed by atoms with Crippen molar-refractivity contribution in [3.63, 3.8) is 0 Å². The Bertz CT molecular complexity index is 1250. The Kier molecular flexibility index (Phi) is 5.58. The van der Waals surface area contributed by atoms with Crippen LogP contribution in [0.5, 0.6) is 11.5 Å². The Morgan fingerprint density at radius 2 is 1.77 bits per heavy atom. The van der Waals surface area contributed by atoms with E-state index in [2.05, 4.69) is 10.4 Å². The number of aryl methyl sites for hydroxylation is 2. The molecule has 7 heteroatoms. The number of ether oxygens (including phenoxy) is 2. The molecule has 0 aliphatic heterocycles. The molecule has 0 radical (unpaired) electrons. The molecule has 0 unspecified atom stereocenters. The van der Waals surface area contributed by atoms with Crippen LogP contribution in [0.2, 0.25) is 0 Å². The zero-order valence-electron chi connectivity index (χ0n) is 18.0. The van der Waals surface area contributed by atoms with E-state index in [-0.39, 0.29) is 5.91 Å². The van der Waals surface area contributed by atoms with Crippen molar-refractivity contribution in [3.8, 4) is 22.8 Å². The minimum atomic E-state index is -0.185. The quantitative estimate of drug-likeness (QED) is 0.516. The van der Waals surface area contributed by atoms with Gasteiger partial charge >= 0.3 is 0 Å². The molecule has 4 rings (SSSR count). The maximum atomic E-state index is 13.2. The van der Waals surface area contributed by atoms with Gasteiger partial charge in [-0.3, -0.25) is 9.48 Å². The van der Waals surface area contributed by atoms with Gasteiger partial charge in [0.05, 0.1) is 36.6 Å². The molecule has 0 aliphatic carbocycles. The second-order valence-corrected chi connectivity index (χ2v) is 7.20. The standard InChI is InChI=1S/C24H24N4O3/c1-15-22-18(24(29)25-14-16-10-11-20(30-3)21(12-16)31-4)13-19(17-8-6-5-7-9-17)26-23(22)28(2)27-15/h5-13H,14H2,1-4H3,(H,25,29). The number of nitrogens with zero attached hydrogens (tertiary/aromatic N) is 3. The van der Waals surface area contributed by atoms with Crippen LogP contribution in [0.15, 0.2) is 54.6 Å². The fourth-order valence-corrected chi connectivity index (χ4v) is 3.65. The van der Waals surface area contributed by atoms with Crippen molar-refractivity contribution >= 4 is 16.9 Å². The Morgan fingerprint density at radius 1 is 1.03 bits per heavy atom. The highest BCUT2D eigenvalue weighted by Crippen LogP contribution is 2.28. The second-order valence-electron chi connectivity index (χ2n) is 7.20. The van der Waals surface area contributed by atoms with Crippen LogP contribution in [0.1, 0.15) is 21.6 Å². The van der Waals surface area contributed by atoms with Gasteiger partial charge in [-0.1, -0.05) is 36.4 Å². The summed E-state index contributed by atoms with van der Waals surface area (Å²) >= 11 is 0. The van der Waals surface area contributed by atoms with E-state index in [1.165, 1.54) is 0 Å². The summed E-state index contributed by atoms with van der Waals surface area (Å²) < 4.78 is 12.3. The van der Waals surface area contributed by atoms with E-state index in [9.17, 15) is 4.79 Å². The summed E-state index contributed by atoms with van der Waals surface area (Å²) in [6.45, 7) is 2.24. The minimum Gasteiger partial charge on any atom is -0.493 e. The Labute approximate surface area is 180 Å². The summed E-state index contributed by atoms with van der Waals surface area (Å²) in [6.07, 6.45) is 0. The number of pyridine rings is 1. The lowest BCUT2D eigenvalue weighted by atomic mass is 10.0. The molecule has 1 amide bonds. The van der Waals surface area contributed by atoms with Crippen molar-refractivity contribution in [1.82, 2.24) is 20.1 Å². The zero-order valence-corrected chi connectivity index (χ0v) is 18.0. The third-order valence-corrected chi connectivity index (χ3v) is 5.18. The van der Waals surface area contributed by atoms with Gasteiger partial charge in [-0.05, 0) is 30.7 Å². The van der Waals surface area contributed by atoms with Gasteiger partial charge in [-0.2, -0.15) is 5.10 Å². The molecule has 0 saturated heterocycles. The summed E-state index contributed by atoms with van der Waals surface area (Å²) in [7, 11) is 5.02. The molecular weight excluding hydrogens is 392 g/mol. The second kappa shape index (κ2) is 8.47. The highest BCUT2D eigenvalue weighted by atomic mass is 16.5. The number of hydrogen-bond acceptors (Lipinski definition) is 5. The summed E-state index contributed by atoms with van der Waals surface area (Å²) in [6, 6.07) is 17.2. The number of carbonyl (C=O) groups excluding carboxylic acids is 1. The van der Waals surface area contributed by atoms with Crippen LogP contribution in [-0.4, -0.2) is 34.9 Å². The van der Waals surface area contributed by atoms with Crippen molar-refractivity contribution < 1.29 is 14.3 Å². The number of amides is 1. The average Bonchev–Trinajstić information content (AvgIpc) is 3.10. The first-order valence-electron chi connectivity index (χ1n) is 9.90. The average molecular weight is 416 g/mol. The van der Waals surface area contributed by atoms with Crippen LogP contribution in [0.4, 0.5) is 0 Å². The van der Waals surface area contributed by atoms with Crippen LogP contribution in [0.3, 0.4) is 0 Å². The number of aromatic nitrogens is 3. The lowest BCUT2D eigenvalue weighted by Crippen LogP contribution is -2.23. The van der Waals surface area contributed by atoms with Crippen LogP contribution in [0.25, 0.3) is 22.3 Å². The van der Waals surface area contributed by atoms with E-state index in [0.717, 1.165) is 27.9 Å². The Morgan fingerprint density at radius 3 is 2.48 bits per heavy atom. The van der Waals surface area contributed by atoms with Gasteiger partial charge in [0.2, 0.25) is 0 Å². The Hall–Kier alpha value is -3.87. The first kappa shape index (κ1) is 20.4. The zero-order chi connectivity index (χ0) is 22.0. The fraction of sp³-hybridized carbons (Fsp3) is 0.208. The van der Waals surface area contributed by atoms with Gasteiger partial charge in [0, 0.05) is 19.2 Å². The molecule has 2 aromatic carbocycles. The molecule has 0 spiro atoms. The number of carbonyl (C=O) groups is 1. The van der Waals surface area contributed by atoms with Crippen LogP contribution >= 0.6 is 0 Å². The number of hydrogen-bond donors (Lipinski definition) is 1. The van der Waals surface area contributed by atoms with Gasteiger partial charge in [0.1, 0.15) is 0 Å². The van der Waals surface area contributed by atoms with Gasteiger partial charge in [0.15, 0.2) is 17.1 Å². The number of methoxy groups -OCH3 is 2. The molecule has 0 atom stereocenters. The molecule has 4 aromatic rings. The molecule has 0 bridgehead atoms. The SMILES string of the molecule is COc1ccc(CNC(=O)c2cc(-c3ccccc3)nc3c2c(C)nn3C)cc1OC. The van der Waals surface area contributed by atoms with Crippen molar-refractivity contribution in [2.75, 3.05) is 14.2 Å². The highest BCUT2D eigenvalue weighted by molar-refractivity contribution is 6.07. The van der Waals surface area contributed by atoms with E-state index in [4.69, 9.17) is 14.5 Å².